The first kappa shape index (κ1) is 15.4. The molecule has 0 bridgehead atoms. The zero-order valence-corrected chi connectivity index (χ0v) is 13.7. The average Bonchev–Trinajstić information content (AvgIpc) is 2.48. The molecule has 2 saturated carbocycles. The van der Waals surface area contributed by atoms with Crippen molar-refractivity contribution in [3.8, 4) is 0 Å². The third kappa shape index (κ3) is 3.56. The minimum Gasteiger partial charge on any atom is -0.0654 e. The summed E-state index contributed by atoms with van der Waals surface area (Å²) < 4.78 is 0. The van der Waals surface area contributed by atoms with Crippen molar-refractivity contribution in [3.63, 3.8) is 0 Å². The molecule has 0 aromatic rings. The van der Waals surface area contributed by atoms with E-state index in [0.717, 1.165) is 17.8 Å². The minimum atomic E-state index is 0.674. The van der Waals surface area contributed by atoms with Crippen LogP contribution in [0.2, 0.25) is 0 Å². The Bertz CT molecular complexity index is 243. The van der Waals surface area contributed by atoms with Crippen molar-refractivity contribution in [2.75, 3.05) is 0 Å². The van der Waals surface area contributed by atoms with E-state index < -0.39 is 0 Å². The molecule has 0 amide bonds. The lowest BCUT2D eigenvalue weighted by Gasteiger charge is -2.48. The lowest BCUT2D eigenvalue weighted by atomic mass is 9.57. The maximum absolute atomic E-state index is 2.67. The molecule has 2 rings (SSSR count). The SMILES string of the molecule is CCCC(C)(C1CCCCC1)C1CCC(CC)CC1. The molecule has 2 aliphatic carbocycles. The van der Waals surface area contributed by atoms with Crippen LogP contribution in [0.25, 0.3) is 0 Å². The van der Waals surface area contributed by atoms with Gasteiger partial charge in [0.05, 0.1) is 0 Å². The topological polar surface area (TPSA) is 0 Å². The van der Waals surface area contributed by atoms with Crippen LogP contribution < -0.4 is 0 Å². The number of rotatable bonds is 5. The third-order valence-corrected chi connectivity index (χ3v) is 6.68. The van der Waals surface area contributed by atoms with Crippen LogP contribution in [-0.2, 0) is 0 Å². The molecule has 0 aromatic carbocycles. The minimum absolute atomic E-state index is 0.674. The van der Waals surface area contributed by atoms with Gasteiger partial charge in [0.2, 0.25) is 0 Å². The summed E-state index contributed by atoms with van der Waals surface area (Å²) in [4.78, 5) is 0. The van der Waals surface area contributed by atoms with Gasteiger partial charge < -0.3 is 0 Å². The van der Waals surface area contributed by atoms with Gasteiger partial charge >= 0.3 is 0 Å². The molecule has 0 spiro atoms. The van der Waals surface area contributed by atoms with Crippen molar-refractivity contribution >= 4 is 0 Å². The van der Waals surface area contributed by atoms with Gasteiger partial charge in [-0.1, -0.05) is 65.7 Å². The first-order valence-electron chi connectivity index (χ1n) is 9.20. The van der Waals surface area contributed by atoms with Crippen molar-refractivity contribution in [2.45, 2.75) is 97.8 Å². The molecule has 2 aliphatic rings. The Labute approximate surface area is 121 Å². The Morgan fingerprint density at radius 3 is 1.89 bits per heavy atom. The normalized spacial score (nSPS) is 33.0. The van der Waals surface area contributed by atoms with Crippen LogP contribution in [0, 0.1) is 23.2 Å². The number of hydrogen-bond donors (Lipinski definition) is 0. The van der Waals surface area contributed by atoms with E-state index in [4.69, 9.17) is 0 Å². The molecule has 19 heavy (non-hydrogen) atoms. The van der Waals surface area contributed by atoms with E-state index >= 15 is 0 Å². The van der Waals surface area contributed by atoms with E-state index in [1.54, 1.807) is 0 Å². The van der Waals surface area contributed by atoms with E-state index in [-0.39, 0.29) is 0 Å². The summed E-state index contributed by atoms with van der Waals surface area (Å²) >= 11 is 0. The third-order valence-electron chi connectivity index (χ3n) is 6.68. The first-order chi connectivity index (χ1) is 9.20. The van der Waals surface area contributed by atoms with E-state index in [1.165, 1.54) is 77.0 Å². The largest absolute Gasteiger partial charge is 0.0654 e. The van der Waals surface area contributed by atoms with Gasteiger partial charge in [-0.05, 0) is 55.3 Å². The molecule has 0 nitrogen and oxygen atoms in total. The standard InChI is InChI=1S/C19H36/c1-4-15-19(3,17-9-7-6-8-10-17)18-13-11-16(5-2)12-14-18/h16-18H,4-15H2,1-3H3. The highest BCUT2D eigenvalue weighted by Gasteiger charge is 2.41. The molecule has 0 radical (unpaired) electrons. The molecule has 0 heteroatoms. The fourth-order valence-electron chi connectivity index (χ4n) is 5.27. The highest BCUT2D eigenvalue weighted by Crippen LogP contribution is 2.52. The predicted octanol–water partition coefficient (Wildman–Crippen LogP) is 6.59. The van der Waals surface area contributed by atoms with E-state index in [2.05, 4.69) is 20.8 Å². The number of hydrogen-bond acceptors (Lipinski definition) is 0. The van der Waals surface area contributed by atoms with Crippen molar-refractivity contribution in [3.05, 3.63) is 0 Å². The van der Waals surface area contributed by atoms with Gasteiger partial charge in [0.25, 0.3) is 0 Å². The average molecular weight is 264 g/mol. The lowest BCUT2D eigenvalue weighted by molar-refractivity contribution is 0.0217. The summed E-state index contributed by atoms with van der Waals surface area (Å²) in [6.07, 6.45) is 18.0. The highest BCUT2D eigenvalue weighted by molar-refractivity contribution is 4.92. The fraction of sp³-hybridized carbons (Fsp3) is 1.00. The summed E-state index contributed by atoms with van der Waals surface area (Å²) in [5.41, 5.74) is 0.674. The smallest absolute Gasteiger partial charge is 0.0269 e. The molecule has 112 valence electrons. The zero-order valence-electron chi connectivity index (χ0n) is 13.7. The Morgan fingerprint density at radius 1 is 0.789 bits per heavy atom. The van der Waals surface area contributed by atoms with Gasteiger partial charge in [0.1, 0.15) is 0 Å². The van der Waals surface area contributed by atoms with Crippen LogP contribution >= 0.6 is 0 Å². The van der Waals surface area contributed by atoms with Crippen LogP contribution in [0.4, 0.5) is 0 Å². The molecule has 0 saturated heterocycles. The Hall–Kier alpha value is 0. The van der Waals surface area contributed by atoms with E-state index in [1.807, 2.05) is 0 Å². The van der Waals surface area contributed by atoms with Gasteiger partial charge in [-0.25, -0.2) is 0 Å². The van der Waals surface area contributed by atoms with Crippen LogP contribution in [0.3, 0.4) is 0 Å². The van der Waals surface area contributed by atoms with E-state index in [9.17, 15) is 0 Å². The van der Waals surface area contributed by atoms with E-state index in [0.29, 0.717) is 5.41 Å². The first-order valence-corrected chi connectivity index (χ1v) is 9.20. The molecule has 0 heterocycles. The zero-order chi connectivity index (χ0) is 13.7. The van der Waals surface area contributed by atoms with Gasteiger partial charge in [0, 0.05) is 0 Å². The maximum Gasteiger partial charge on any atom is -0.0269 e. The summed E-state index contributed by atoms with van der Waals surface area (Å²) in [6.45, 7) is 7.46. The Kier molecular flexibility index (Phi) is 5.78. The maximum atomic E-state index is 2.67. The molecule has 0 N–H and O–H groups in total. The summed E-state index contributed by atoms with van der Waals surface area (Å²) in [5.74, 6) is 3.14. The molecule has 0 aliphatic heterocycles. The van der Waals surface area contributed by atoms with Gasteiger partial charge in [-0.2, -0.15) is 0 Å². The molecule has 2 fully saturated rings. The van der Waals surface area contributed by atoms with Crippen LogP contribution in [0.1, 0.15) is 97.8 Å². The molecule has 1 atom stereocenters. The summed E-state index contributed by atoms with van der Waals surface area (Å²) in [6, 6.07) is 0. The van der Waals surface area contributed by atoms with Crippen molar-refractivity contribution < 1.29 is 0 Å². The van der Waals surface area contributed by atoms with Crippen molar-refractivity contribution in [1.82, 2.24) is 0 Å². The van der Waals surface area contributed by atoms with Crippen LogP contribution in [0.5, 0.6) is 0 Å². The highest BCUT2D eigenvalue weighted by atomic mass is 14.5. The predicted molar refractivity (Wildman–Crippen MR) is 85.3 cm³/mol. The fourth-order valence-corrected chi connectivity index (χ4v) is 5.27. The molecular weight excluding hydrogens is 228 g/mol. The van der Waals surface area contributed by atoms with Crippen molar-refractivity contribution in [1.29, 1.82) is 0 Å². The van der Waals surface area contributed by atoms with Gasteiger partial charge in [0.15, 0.2) is 0 Å². The lowest BCUT2D eigenvalue weighted by Crippen LogP contribution is -2.38. The van der Waals surface area contributed by atoms with Crippen LogP contribution in [-0.4, -0.2) is 0 Å². The van der Waals surface area contributed by atoms with Crippen molar-refractivity contribution in [2.24, 2.45) is 23.2 Å². The second kappa shape index (κ2) is 7.14. The summed E-state index contributed by atoms with van der Waals surface area (Å²) in [5, 5.41) is 0. The second-order valence-electron chi connectivity index (χ2n) is 7.72. The van der Waals surface area contributed by atoms with Gasteiger partial charge in [-0.15, -0.1) is 0 Å². The molecular formula is C19H36. The Morgan fingerprint density at radius 2 is 1.37 bits per heavy atom. The van der Waals surface area contributed by atoms with Gasteiger partial charge in [-0.3, -0.25) is 0 Å². The quantitative estimate of drug-likeness (QED) is 0.525. The van der Waals surface area contributed by atoms with Crippen LogP contribution in [0.15, 0.2) is 0 Å². The molecule has 1 unspecified atom stereocenters. The monoisotopic (exact) mass is 264 g/mol. The Balaban J connectivity index is 2.01. The summed E-state index contributed by atoms with van der Waals surface area (Å²) in [7, 11) is 0. The second-order valence-corrected chi connectivity index (χ2v) is 7.72. The molecule has 0 aromatic heterocycles.